The summed E-state index contributed by atoms with van der Waals surface area (Å²) in [5.74, 6) is 0.591. The summed E-state index contributed by atoms with van der Waals surface area (Å²) in [6.45, 7) is 14.6. The molecule has 0 aliphatic carbocycles. The third-order valence-electron chi connectivity index (χ3n) is 11.0. The van der Waals surface area contributed by atoms with Crippen molar-refractivity contribution in [1.82, 2.24) is 14.3 Å². The number of hydrogen-bond donors (Lipinski definition) is 5. The lowest BCUT2D eigenvalue weighted by atomic mass is 9.77. The fourth-order valence-corrected chi connectivity index (χ4v) is 9.00. The second-order valence-electron chi connectivity index (χ2n) is 17.7. The van der Waals surface area contributed by atoms with Crippen molar-refractivity contribution in [1.29, 1.82) is 0 Å². The molecular formula is C42H72ClN5O11S3. The van der Waals surface area contributed by atoms with Crippen LogP contribution in [0.4, 0.5) is 10.5 Å². The number of alkyl carbamates (subject to hydrolysis) is 1. The molecular weight excluding hydrogens is 882 g/mol. The number of benzene rings is 2. The summed E-state index contributed by atoms with van der Waals surface area (Å²) in [5.41, 5.74) is 7.16. The van der Waals surface area contributed by atoms with Crippen molar-refractivity contribution < 1.29 is 49.4 Å². The predicted molar refractivity (Wildman–Crippen MR) is 245 cm³/mol. The number of nitrogens with zero attached hydrogens (tertiary/aromatic N) is 1. The first-order valence-electron chi connectivity index (χ1n) is 20.9. The van der Waals surface area contributed by atoms with Gasteiger partial charge in [-0.3, -0.25) is 0 Å². The van der Waals surface area contributed by atoms with Gasteiger partial charge in [-0.15, -0.1) is 0 Å². The van der Waals surface area contributed by atoms with Gasteiger partial charge in [0.25, 0.3) is 0 Å². The quantitative estimate of drug-likeness (QED) is 0.0809. The van der Waals surface area contributed by atoms with E-state index in [4.69, 9.17) is 19.9 Å². The van der Waals surface area contributed by atoms with E-state index < -0.39 is 58.9 Å². The van der Waals surface area contributed by atoms with Crippen molar-refractivity contribution in [3.63, 3.8) is 0 Å². The smallest absolute Gasteiger partial charge is 0.407 e. The maximum atomic E-state index is 14.1. The summed E-state index contributed by atoms with van der Waals surface area (Å²) in [4.78, 5) is 13.2. The standard InChI is InChI=1S/C31H46N4O7S.C10H23NO2S.CH3ClO2S/c1-31(2,14-8-15-32)21-35(43(38,39)24-12-7-11-23(18-24)33-3)19-27(36)26(17-22-9-5-4-6-10-22)34-30(37)42-28-20-41-29-25(28)13-16-40-29;1-9(2)10(3,4)7-6-8-11-14(5,12)13;1-5(2,3)4/h4-7,9-12,18,25-29,33,36H,8,13-17,19-21,32H2,1-3H3,(H,34,37);9,11H,6-8H2,1-5H3;1H3/t25-,26-,27+,28-,29+;;/m0../s1. The minimum atomic E-state index is -4.02. The molecule has 0 unspecified atom stereocenters. The second kappa shape index (κ2) is 25.2. The number of ether oxygens (including phenoxy) is 3. The van der Waals surface area contributed by atoms with Gasteiger partial charge in [-0.2, -0.15) is 4.31 Å². The summed E-state index contributed by atoms with van der Waals surface area (Å²) in [6.07, 6.45) is 3.75. The third kappa shape index (κ3) is 20.9. The molecule has 0 bridgehead atoms. The minimum absolute atomic E-state index is 0.0343. The first-order valence-corrected chi connectivity index (χ1v) is 27.0. The Labute approximate surface area is 375 Å². The molecule has 2 saturated heterocycles. The van der Waals surface area contributed by atoms with Gasteiger partial charge in [0.15, 0.2) is 6.29 Å². The number of carbonyl (C=O) groups excluding carboxylic acids is 1. The number of amides is 1. The molecule has 5 atom stereocenters. The summed E-state index contributed by atoms with van der Waals surface area (Å²) in [7, 11) is -4.00. The zero-order valence-electron chi connectivity index (χ0n) is 37.8. The van der Waals surface area contributed by atoms with Crippen LogP contribution in [0.3, 0.4) is 0 Å². The fraction of sp³-hybridized carbons (Fsp3) is 0.690. The number of nitrogens with two attached hydrogens (primary N) is 1. The van der Waals surface area contributed by atoms with E-state index in [1.54, 1.807) is 31.3 Å². The van der Waals surface area contributed by atoms with Crippen molar-refractivity contribution in [2.75, 3.05) is 64.3 Å². The summed E-state index contributed by atoms with van der Waals surface area (Å²) in [5, 5.41) is 17.4. The highest BCUT2D eigenvalue weighted by molar-refractivity contribution is 8.13. The molecule has 2 heterocycles. The summed E-state index contributed by atoms with van der Waals surface area (Å²) < 4.78 is 89.1. The Kier molecular flexibility index (Phi) is 22.6. The van der Waals surface area contributed by atoms with Gasteiger partial charge in [-0.1, -0.05) is 77.9 Å². The molecule has 62 heavy (non-hydrogen) atoms. The molecule has 356 valence electrons. The molecule has 0 spiro atoms. The largest absolute Gasteiger partial charge is 0.443 e. The summed E-state index contributed by atoms with van der Waals surface area (Å²) in [6, 6.07) is 15.2. The number of anilines is 1. The first-order chi connectivity index (χ1) is 28.7. The number of halogens is 1. The number of nitrogens with one attached hydrogen (secondary N) is 3. The van der Waals surface area contributed by atoms with Crippen LogP contribution in [-0.2, 0) is 49.7 Å². The third-order valence-corrected chi connectivity index (χ3v) is 13.6. The molecule has 2 fully saturated rings. The van der Waals surface area contributed by atoms with Gasteiger partial charge in [0.2, 0.25) is 29.1 Å². The van der Waals surface area contributed by atoms with Gasteiger partial charge < -0.3 is 35.7 Å². The first kappa shape index (κ1) is 55.5. The van der Waals surface area contributed by atoms with Crippen LogP contribution < -0.4 is 21.1 Å². The van der Waals surface area contributed by atoms with Crippen LogP contribution >= 0.6 is 10.7 Å². The van der Waals surface area contributed by atoms with E-state index in [2.05, 4.69) is 53.7 Å². The van der Waals surface area contributed by atoms with Crippen molar-refractivity contribution >= 4 is 51.6 Å². The number of hydrogen-bond acceptors (Lipinski definition) is 13. The molecule has 0 radical (unpaired) electrons. The number of carbonyl (C=O) groups is 1. The molecule has 0 saturated carbocycles. The lowest BCUT2D eigenvalue weighted by Gasteiger charge is -2.35. The Balaban J connectivity index is 0.000000580. The Bertz CT molecular complexity index is 1980. The number of rotatable bonds is 21. The topological polar surface area (TPSA) is 233 Å². The average molecular weight is 955 g/mol. The number of aliphatic hydroxyl groups excluding tert-OH is 1. The van der Waals surface area contributed by atoms with Crippen molar-refractivity contribution in [3.8, 4) is 0 Å². The highest BCUT2D eigenvalue weighted by Crippen LogP contribution is 2.34. The van der Waals surface area contributed by atoms with Crippen LogP contribution in [0.5, 0.6) is 0 Å². The average Bonchev–Trinajstić information content (AvgIpc) is 3.80. The molecule has 2 aromatic rings. The van der Waals surface area contributed by atoms with Gasteiger partial charge in [0, 0.05) is 43.1 Å². The zero-order chi connectivity index (χ0) is 46.9. The van der Waals surface area contributed by atoms with Crippen LogP contribution in [-0.4, -0.2) is 124 Å². The van der Waals surface area contributed by atoms with Gasteiger partial charge in [-0.25, -0.2) is 34.8 Å². The zero-order valence-corrected chi connectivity index (χ0v) is 41.0. The lowest BCUT2D eigenvalue weighted by molar-refractivity contribution is -0.0907. The van der Waals surface area contributed by atoms with E-state index in [1.807, 2.05) is 44.2 Å². The maximum Gasteiger partial charge on any atom is 0.407 e. The molecule has 2 aliphatic rings. The molecule has 0 aromatic heterocycles. The van der Waals surface area contributed by atoms with Gasteiger partial charge in [0.05, 0.1) is 48.7 Å². The van der Waals surface area contributed by atoms with Crippen molar-refractivity contribution in [3.05, 3.63) is 60.2 Å². The van der Waals surface area contributed by atoms with E-state index in [-0.39, 0.29) is 43.2 Å². The molecule has 16 nitrogen and oxygen atoms in total. The SMILES string of the molecule is CC(C)C(C)(C)CCCNS(C)(=O)=O.CNc1cccc(S(=O)(=O)N(C[C@@H](O)[C@H](Cc2ccccc2)NC(=O)O[C@H]2CO[C@H]3OCC[C@H]32)CC(C)(C)CCCN)c1.CS(=O)(=O)Cl. The van der Waals surface area contributed by atoms with E-state index in [9.17, 15) is 35.2 Å². The molecule has 1 amide bonds. The van der Waals surface area contributed by atoms with Crippen molar-refractivity contribution in [2.24, 2.45) is 28.4 Å². The van der Waals surface area contributed by atoms with Crippen LogP contribution in [0.15, 0.2) is 59.5 Å². The van der Waals surface area contributed by atoms with E-state index in [0.29, 0.717) is 43.1 Å². The predicted octanol–water partition coefficient (Wildman–Crippen LogP) is 5.13. The van der Waals surface area contributed by atoms with Gasteiger partial charge in [0.1, 0.15) is 6.10 Å². The van der Waals surface area contributed by atoms with Gasteiger partial charge >= 0.3 is 6.09 Å². The fourth-order valence-electron chi connectivity index (χ4n) is 6.79. The van der Waals surface area contributed by atoms with Crippen molar-refractivity contribution in [2.45, 2.75) is 110 Å². The molecule has 6 N–H and O–H groups in total. The Morgan fingerprint density at radius 2 is 1.63 bits per heavy atom. The number of fused-ring (bicyclic) bond motifs is 1. The van der Waals surface area contributed by atoms with Gasteiger partial charge in [-0.05, 0) is 85.6 Å². The molecule has 2 aliphatic heterocycles. The number of sulfonamides is 2. The molecule has 4 rings (SSSR count). The summed E-state index contributed by atoms with van der Waals surface area (Å²) >= 11 is 0. The number of aliphatic hydroxyl groups is 1. The minimum Gasteiger partial charge on any atom is -0.443 e. The maximum absolute atomic E-state index is 14.1. The van der Waals surface area contributed by atoms with Crippen LogP contribution in [0, 0.1) is 22.7 Å². The Morgan fingerprint density at radius 3 is 2.21 bits per heavy atom. The molecule has 2 aromatic carbocycles. The van der Waals surface area contributed by atoms with Crippen LogP contribution in [0.2, 0.25) is 0 Å². The molecule has 20 heteroatoms. The Morgan fingerprint density at radius 1 is 0.984 bits per heavy atom. The van der Waals surface area contributed by atoms with E-state index in [0.717, 1.165) is 37.5 Å². The van der Waals surface area contributed by atoms with E-state index in [1.165, 1.54) is 10.6 Å². The van der Waals surface area contributed by atoms with Crippen LogP contribution in [0.25, 0.3) is 0 Å². The second-order valence-corrected chi connectivity index (χ2v) is 24.5. The Hall–Kier alpha value is -2.59. The van der Waals surface area contributed by atoms with E-state index >= 15 is 0 Å². The lowest BCUT2D eigenvalue weighted by Crippen LogP contribution is -2.52. The monoisotopic (exact) mass is 953 g/mol. The highest BCUT2D eigenvalue weighted by Gasteiger charge is 2.44. The normalized spacial score (nSPS) is 19.1. The highest BCUT2D eigenvalue weighted by atomic mass is 35.7. The van der Waals surface area contributed by atoms with Crippen LogP contribution in [0.1, 0.15) is 79.2 Å².